The lowest BCUT2D eigenvalue weighted by Gasteiger charge is -2.37. The van der Waals surface area contributed by atoms with Gasteiger partial charge in [0, 0.05) is 19.0 Å². The van der Waals surface area contributed by atoms with E-state index < -0.39 is 11.8 Å². The van der Waals surface area contributed by atoms with Crippen molar-refractivity contribution in [3.63, 3.8) is 0 Å². The van der Waals surface area contributed by atoms with Gasteiger partial charge in [0.1, 0.15) is 5.82 Å². The summed E-state index contributed by atoms with van der Waals surface area (Å²) in [5.74, 6) is -1.49. The number of nitrogens with one attached hydrogen (secondary N) is 1. The highest BCUT2D eigenvalue weighted by molar-refractivity contribution is 5.83. The lowest BCUT2D eigenvalue weighted by molar-refractivity contribution is -0.137. The van der Waals surface area contributed by atoms with Crippen molar-refractivity contribution >= 4 is 17.6 Å². The van der Waals surface area contributed by atoms with Crippen LogP contribution in [0.15, 0.2) is 24.3 Å². The molecule has 2 rings (SSSR count). The van der Waals surface area contributed by atoms with Gasteiger partial charge in [0.15, 0.2) is 0 Å². The zero-order chi connectivity index (χ0) is 13.8. The number of piperazine rings is 1. The molecular weight excluding hydrogens is 251 g/mol. The minimum atomic E-state index is -0.898. The van der Waals surface area contributed by atoms with E-state index in [0.29, 0.717) is 18.7 Å². The van der Waals surface area contributed by atoms with Crippen LogP contribution in [-0.4, -0.2) is 36.1 Å². The molecule has 1 amide bonds. The molecule has 1 aliphatic heterocycles. The number of benzene rings is 1. The third kappa shape index (κ3) is 3.21. The van der Waals surface area contributed by atoms with Crippen LogP contribution in [-0.2, 0) is 9.59 Å². The van der Waals surface area contributed by atoms with Crippen molar-refractivity contribution < 1.29 is 19.1 Å². The Hall–Kier alpha value is -2.11. The van der Waals surface area contributed by atoms with Crippen molar-refractivity contribution in [2.45, 2.75) is 18.9 Å². The van der Waals surface area contributed by atoms with Crippen LogP contribution in [0.25, 0.3) is 0 Å². The Morgan fingerprint density at radius 1 is 1.47 bits per heavy atom. The summed E-state index contributed by atoms with van der Waals surface area (Å²) in [7, 11) is 0. The average Bonchev–Trinajstić information content (AvgIpc) is 2.37. The van der Waals surface area contributed by atoms with Crippen molar-refractivity contribution in [2.24, 2.45) is 0 Å². The number of amides is 1. The van der Waals surface area contributed by atoms with Gasteiger partial charge in [0.2, 0.25) is 5.91 Å². The first kappa shape index (κ1) is 13.3. The molecule has 0 aromatic heterocycles. The highest BCUT2D eigenvalue weighted by Gasteiger charge is 2.28. The van der Waals surface area contributed by atoms with E-state index in [1.165, 1.54) is 6.07 Å². The summed E-state index contributed by atoms with van der Waals surface area (Å²) in [4.78, 5) is 23.7. The van der Waals surface area contributed by atoms with Gasteiger partial charge in [-0.15, -0.1) is 0 Å². The van der Waals surface area contributed by atoms with Crippen LogP contribution in [0.5, 0.6) is 0 Å². The number of carboxylic acids is 1. The van der Waals surface area contributed by atoms with Crippen LogP contribution in [0.2, 0.25) is 0 Å². The maximum absolute atomic E-state index is 13.8. The standard InChI is InChI=1S/C13H15FN2O3/c14-10-3-1-2-4-11(10)16-8-12(17)15-7-9(16)5-6-13(18)19/h1-4,9H,5-8H2,(H,15,17)(H,18,19). The maximum Gasteiger partial charge on any atom is 0.303 e. The van der Waals surface area contributed by atoms with Crippen molar-refractivity contribution in [2.75, 3.05) is 18.0 Å². The topological polar surface area (TPSA) is 69.6 Å². The van der Waals surface area contributed by atoms with E-state index >= 15 is 0 Å². The van der Waals surface area contributed by atoms with E-state index in [2.05, 4.69) is 5.32 Å². The molecule has 0 spiro atoms. The van der Waals surface area contributed by atoms with Gasteiger partial charge in [-0.1, -0.05) is 12.1 Å². The Morgan fingerprint density at radius 2 is 2.21 bits per heavy atom. The monoisotopic (exact) mass is 266 g/mol. The molecule has 1 aromatic rings. The van der Waals surface area contributed by atoms with Crippen LogP contribution in [0, 0.1) is 5.82 Å². The number of carboxylic acid groups (broad SMARTS) is 1. The lowest BCUT2D eigenvalue weighted by Crippen LogP contribution is -2.54. The molecule has 1 unspecified atom stereocenters. The van der Waals surface area contributed by atoms with Crippen LogP contribution < -0.4 is 10.2 Å². The number of halogens is 1. The Balaban J connectivity index is 2.19. The predicted molar refractivity (Wildman–Crippen MR) is 67.4 cm³/mol. The van der Waals surface area contributed by atoms with E-state index in [-0.39, 0.29) is 24.9 Å². The van der Waals surface area contributed by atoms with Gasteiger partial charge >= 0.3 is 5.97 Å². The normalized spacial score (nSPS) is 19.1. The zero-order valence-electron chi connectivity index (χ0n) is 10.3. The highest BCUT2D eigenvalue weighted by atomic mass is 19.1. The summed E-state index contributed by atoms with van der Waals surface area (Å²) in [5, 5.41) is 11.4. The van der Waals surface area contributed by atoms with Gasteiger partial charge < -0.3 is 15.3 Å². The van der Waals surface area contributed by atoms with Crippen LogP contribution in [0.3, 0.4) is 0 Å². The fraction of sp³-hybridized carbons (Fsp3) is 0.385. The molecule has 1 aromatic carbocycles. The Labute approximate surface area is 110 Å². The molecule has 5 nitrogen and oxygen atoms in total. The molecule has 0 saturated carbocycles. The summed E-state index contributed by atoms with van der Waals surface area (Å²) in [6.45, 7) is 0.381. The van der Waals surface area contributed by atoms with E-state index in [0.717, 1.165) is 0 Å². The summed E-state index contributed by atoms with van der Waals surface area (Å²) >= 11 is 0. The van der Waals surface area contributed by atoms with Crippen LogP contribution in [0.4, 0.5) is 10.1 Å². The average molecular weight is 266 g/mol. The Bertz CT molecular complexity index is 493. The zero-order valence-corrected chi connectivity index (χ0v) is 10.3. The van der Waals surface area contributed by atoms with Crippen LogP contribution in [0.1, 0.15) is 12.8 Å². The highest BCUT2D eigenvalue weighted by Crippen LogP contribution is 2.24. The number of hydrogen-bond acceptors (Lipinski definition) is 3. The Kier molecular flexibility index (Phi) is 3.99. The first-order valence-electron chi connectivity index (χ1n) is 6.07. The fourth-order valence-corrected chi connectivity index (χ4v) is 2.20. The number of rotatable bonds is 4. The number of para-hydroxylation sites is 1. The third-order valence-electron chi connectivity index (χ3n) is 3.14. The number of nitrogens with zero attached hydrogens (tertiary/aromatic N) is 1. The SMILES string of the molecule is O=C(O)CCC1CNC(=O)CN1c1ccccc1F. The van der Waals surface area contributed by atoms with E-state index in [9.17, 15) is 14.0 Å². The van der Waals surface area contributed by atoms with E-state index in [1.807, 2.05) is 0 Å². The molecular formula is C13H15FN2O3. The molecule has 2 N–H and O–H groups in total. The molecule has 6 heteroatoms. The quantitative estimate of drug-likeness (QED) is 0.853. The Morgan fingerprint density at radius 3 is 2.89 bits per heavy atom. The van der Waals surface area contributed by atoms with Gasteiger partial charge in [-0.2, -0.15) is 0 Å². The van der Waals surface area contributed by atoms with Crippen molar-refractivity contribution in [3.05, 3.63) is 30.1 Å². The van der Waals surface area contributed by atoms with Gasteiger partial charge in [0.05, 0.1) is 12.2 Å². The molecule has 1 heterocycles. The van der Waals surface area contributed by atoms with Crippen LogP contribution >= 0.6 is 0 Å². The largest absolute Gasteiger partial charge is 0.481 e. The minimum absolute atomic E-state index is 0.00844. The molecule has 0 bridgehead atoms. The van der Waals surface area contributed by atoms with Gasteiger partial charge in [-0.3, -0.25) is 9.59 Å². The second-order valence-electron chi connectivity index (χ2n) is 4.47. The molecule has 0 aliphatic carbocycles. The number of carbonyl (C=O) groups excluding carboxylic acids is 1. The van der Waals surface area contributed by atoms with E-state index in [4.69, 9.17) is 5.11 Å². The van der Waals surface area contributed by atoms with Gasteiger partial charge in [0.25, 0.3) is 0 Å². The lowest BCUT2D eigenvalue weighted by atomic mass is 10.1. The molecule has 1 fully saturated rings. The van der Waals surface area contributed by atoms with Gasteiger partial charge in [-0.25, -0.2) is 4.39 Å². The fourth-order valence-electron chi connectivity index (χ4n) is 2.20. The molecule has 102 valence electrons. The number of hydrogen-bond donors (Lipinski definition) is 2. The third-order valence-corrected chi connectivity index (χ3v) is 3.14. The van der Waals surface area contributed by atoms with Crippen molar-refractivity contribution in [1.82, 2.24) is 5.32 Å². The second kappa shape index (κ2) is 5.69. The van der Waals surface area contributed by atoms with Crippen molar-refractivity contribution in [1.29, 1.82) is 0 Å². The summed E-state index contributed by atoms with van der Waals surface area (Å²) in [6.07, 6.45) is 0.357. The molecule has 1 aliphatic rings. The second-order valence-corrected chi connectivity index (χ2v) is 4.47. The first-order valence-corrected chi connectivity index (χ1v) is 6.07. The summed E-state index contributed by atoms with van der Waals surface area (Å²) < 4.78 is 13.8. The molecule has 1 atom stereocenters. The molecule has 0 radical (unpaired) electrons. The number of aliphatic carboxylic acids is 1. The van der Waals surface area contributed by atoms with Crippen molar-refractivity contribution in [3.8, 4) is 0 Å². The smallest absolute Gasteiger partial charge is 0.303 e. The maximum atomic E-state index is 13.8. The van der Waals surface area contributed by atoms with E-state index in [1.54, 1.807) is 23.1 Å². The minimum Gasteiger partial charge on any atom is -0.481 e. The molecule has 19 heavy (non-hydrogen) atoms. The van der Waals surface area contributed by atoms with Gasteiger partial charge in [-0.05, 0) is 18.6 Å². The summed E-state index contributed by atoms with van der Waals surface area (Å²) in [5.41, 5.74) is 0.340. The number of carbonyl (C=O) groups is 2. The predicted octanol–water partition coefficient (Wildman–Crippen LogP) is 0.995. The first-order chi connectivity index (χ1) is 9.08. The summed E-state index contributed by atoms with van der Waals surface area (Å²) in [6, 6.07) is 6.00. The number of anilines is 1. The molecule has 1 saturated heterocycles.